The molecule has 0 fully saturated rings. The van der Waals surface area contributed by atoms with Crippen LogP contribution in [0.5, 0.6) is 0 Å². The molecule has 0 unspecified atom stereocenters. The summed E-state index contributed by atoms with van der Waals surface area (Å²) in [5, 5.41) is 0. The summed E-state index contributed by atoms with van der Waals surface area (Å²) in [6.07, 6.45) is 3.17. The Hall–Kier alpha value is 0.607. The van der Waals surface area contributed by atoms with Gasteiger partial charge in [0, 0.05) is 0 Å². The molecule has 0 radical (unpaired) electrons. The molecule has 1 nitrogen and oxygen atoms in total. The van der Waals surface area contributed by atoms with Crippen LogP contribution in [0.2, 0.25) is 0 Å². The number of hydrogen-bond donors (Lipinski definition) is 0. The van der Waals surface area contributed by atoms with E-state index in [9.17, 15) is 0 Å². The normalized spacial score (nSPS) is 7.57. The molecule has 0 amide bonds. The van der Waals surface area contributed by atoms with Gasteiger partial charge in [-0.2, -0.15) is 6.07 Å². The average Bonchev–Trinajstić information content (AvgIpc) is 1.86. The third-order valence-electron chi connectivity index (χ3n) is 0.436. The molecule has 0 saturated heterocycles. The zero-order valence-electron chi connectivity index (χ0n) is 3.94. The SMILES string of the molecule is Ic1[c-]coc1.[Li+]. The molecular weight excluding hydrogens is 198 g/mol. The maximum Gasteiger partial charge on any atom is 1.00 e. The second kappa shape index (κ2) is 3.59. The first-order valence-electron chi connectivity index (χ1n) is 1.49. The maximum atomic E-state index is 4.65. The van der Waals surface area contributed by atoms with Crippen LogP contribution in [0.3, 0.4) is 0 Å². The van der Waals surface area contributed by atoms with Gasteiger partial charge in [-0.05, 0) is 6.26 Å². The first kappa shape index (κ1) is 7.61. The van der Waals surface area contributed by atoms with Gasteiger partial charge in [-0.1, -0.05) is 28.9 Å². The van der Waals surface area contributed by atoms with Crippen LogP contribution in [0.1, 0.15) is 0 Å². The first-order chi connectivity index (χ1) is 2.89. The molecular formula is C4H2ILiO. The quantitative estimate of drug-likeness (QED) is 0.288. The van der Waals surface area contributed by atoms with Crippen LogP contribution >= 0.6 is 22.6 Å². The Balaban J connectivity index is 0.000000360. The number of furan rings is 1. The predicted octanol–water partition coefficient (Wildman–Crippen LogP) is -1.31. The van der Waals surface area contributed by atoms with Gasteiger partial charge in [-0.3, -0.25) is 0 Å². The molecule has 0 spiro atoms. The van der Waals surface area contributed by atoms with E-state index in [1.54, 1.807) is 6.26 Å². The van der Waals surface area contributed by atoms with Crippen molar-refractivity contribution in [1.29, 1.82) is 0 Å². The minimum atomic E-state index is 0. The Kier molecular flexibility index (Phi) is 3.90. The molecule has 1 aromatic heterocycles. The molecule has 1 heterocycles. The molecule has 1 rings (SSSR count). The molecule has 0 bridgehead atoms. The van der Waals surface area contributed by atoms with Crippen molar-refractivity contribution in [3.05, 3.63) is 22.2 Å². The molecule has 0 atom stereocenters. The number of hydrogen-bond acceptors (Lipinski definition) is 1. The molecule has 0 aliphatic heterocycles. The fourth-order valence-corrected chi connectivity index (χ4v) is 0.492. The number of halogens is 1. The first-order valence-corrected chi connectivity index (χ1v) is 2.57. The molecule has 7 heavy (non-hydrogen) atoms. The van der Waals surface area contributed by atoms with Gasteiger partial charge in [-0.25, -0.2) is 0 Å². The number of rotatable bonds is 0. The summed E-state index contributed by atoms with van der Waals surface area (Å²) >= 11 is 2.13. The molecule has 3 heteroatoms. The summed E-state index contributed by atoms with van der Waals surface area (Å²) in [5.41, 5.74) is 0. The topological polar surface area (TPSA) is 13.1 Å². The Morgan fingerprint density at radius 1 is 1.71 bits per heavy atom. The van der Waals surface area contributed by atoms with E-state index in [1.165, 1.54) is 6.26 Å². The van der Waals surface area contributed by atoms with Gasteiger partial charge in [0.15, 0.2) is 0 Å². The Morgan fingerprint density at radius 2 is 2.43 bits per heavy atom. The van der Waals surface area contributed by atoms with Crippen LogP contribution in [-0.4, -0.2) is 0 Å². The van der Waals surface area contributed by atoms with Crippen molar-refractivity contribution >= 4 is 22.6 Å². The van der Waals surface area contributed by atoms with E-state index in [2.05, 4.69) is 33.1 Å². The molecule has 32 valence electrons. The summed E-state index contributed by atoms with van der Waals surface area (Å²) in [5.74, 6) is 0. The van der Waals surface area contributed by atoms with Gasteiger partial charge in [-0.15, -0.1) is 3.57 Å². The van der Waals surface area contributed by atoms with Gasteiger partial charge in [0.05, 0.1) is 0 Å². The molecule has 0 N–H and O–H groups in total. The van der Waals surface area contributed by atoms with E-state index < -0.39 is 0 Å². The van der Waals surface area contributed by atoms with Gasteiger partial charge in [0.25, 0.3) is 0 Å². The van der Waals surface area contributed by atoms with Crippen molar-refractivity contribution in [3.63, 3.8) is 0 Å². The fourth-order valence-electron chi connectivity index (χ4n) is 0.218. The fraction of sp³-hybridized carbons (Fsp3) is 0. The zero-order chi connectivity index (χ0) is 4.41. The minimum Gasteiger partial charge on any atom is -0.575 e. The summed E-state index contributed by atoms with van der Waals surface area (Å²) < 4.78 is 5.67. The third kappa shape index (κ3) is 2.42. The van der Waals surface area contributed by atoms with E-state index in [0.29, 0.717) is 0 Å². The van der Waals surface area contributed by atoms with Crippen LogP contribution in [0.4, 0.5) is 0 Å². The maximum absolute atomic E-state index is 4.65. The van der Waals surface area contributed by atoms with Crippen LogP contribution in [0.25, 0.3) is 0 Å². The Morgan fingerprint density at radius 3 is 2.57 bits per heavy atom. The van der Waals surface area contributed by atoms with Crippen LogP contribution in [0.15, 0.2) is 16.9 Å². The second-order valence-corrected chi connectivity index (χ2v) is 2.03. The monoisotopic (exact) mass is 200 g/mol. The van der Waals surface area contributed by atoms with E-state index in [0.717, 1.165) is 3.57 Å². The molecule has 0 saturated carbocycles. The van der Waals surface area contributed by atoms with Crippen molar-refractivity contribution in [3.8, 4) is 0 Å². The summed E-state index contributed by atoms with van der Waals surface area (Å²) in [6.45, 7) is 0. The molecule has 1 aromatic rings. The molecule has 0 aliphatic rings. The summed E-state index contributed by atoms with van der Waals surface area (Å²) in [4.78, 5) is 0. The van der Waals surface area contributed by atoms with Crippen LogP contribution in [-0.2, 0) is 0 Å². The largest absolute Gasteiger partial charge is 1.00 e. The van der Waals surface area contributed by atoms with Crippen LogP contribution < -0.4 is 18.9 Å². The van der Waals surface area contributed by atoms with E-state index in [4.69, 9.17) is 0 Å². The molecule has 0 aromatic carbocycles. The van der Waals surface area contributed by atoms with Crippen molar-refractivity contribution in [2.24, 2.45) is 0 Å². The van der Waals surface area contributed by atoms with Gasteiger partial charge in [0.1, 0.15) is 0 Å². The average molecular weight is 200 g/mol. The van der Waals surface area contributed by atoms with Crippen LogP contribution in [0, 0.1) is 9.64 Å². The van der Waals surface area contributed by atoms with Crippen molar-refractivity contribution in [2.45, 2.75) is 0 Å². The molecule has 0 aliphatic carbocycles. The summed E-state index contributed by atoms with van der Waals surface area (Å²) in [7, 11) is 0. The van der Waals surface area contributed by atoms with E-state index in [1.807, 2.05) is 0 Å². The van der Waals surface area contributed by atoms with Crippen molar-refractivity contribution in [1.82, 2.24) is 0 Å². The van der Waals surface area contributed by atoms with E-state index in [-0.39, 0.29) is 18.9 Å². The van der Waals surface area contributed by atoms with Crippen molar-refractivity contribution in [2.75, 3.05) is 0 Å². The standard InChI is InChI=1S/C4H2IO.Li/c5-4-1-2-6-3-4;/h2-3H;/q-1;+1. The Labute approximate surface area is 67.8 Å². The van der Waals surface area contributed by atoms with Gasteiger partial charge < -0.3 is 4.42 Å². The Bertz CT molecular complexity index is 115. The smallest absolute Gasteiger partial charge is 0.575 e. The zero-order valence-corrected chi connectivity index (χ0v) is 6.10. The third-order valence-corrected chi connectivity index (χ3v) is 1.00. The second-order valence-electron chi connectivity index (χ2n) is 0.864. The van der Waals surface area contributed by atoms with Gasteiger partial charge >= 0.3 is 18.9 Å². The predicted molar refractivity (Wildman–Crippen MR) is 30.3 cm³/mol. The summed E-state index contributed by atoms with van der Waals surface area (Å²) in [6, 6.07) is 2.82. The minimum absolute atomic E-state index is 0. The van der Waals surface area contributed by atoms with E-state index >= 15 is 0 Å². The van der Waals surface area contributed by atoms with Crippen molar-refractivity contribution < 1.29 is 23.3 Å². The van der Waals surface area contributed by atoms with Gasteiger partial charge in [0.2, 0.25) is 0 Å².